The lowest BCUT2D eigenvalue weighted by atomic mass is 10.1. The number of hydrogen-bond acceptors (Lipinski definition) is 10. The molecule has 2 aromatic heterocycles. The van der Waals surface area contributed by atoms with Crippen LogP contribution in [0.5, 0.6) is 0 Å². The number of nitrogens with two attached hydrogens (primary N) is 2. The van der Waals surface area contributed by atoms with Gasteiger partial charge in [0.1, 0.15) is 23.5 Å². The Balaban J connectivity index is 1.54. The minimum absolute atomic E-state index is 0.0775. The van der Waals surface area contributed by atoms with Crippen molar-refractivity contribution in [1.29, 1.82) is 0 Å². The highest BCUT2D eigenvalue weighted by molar-refractivity contribution is 5.97. The first-order valence-electron chi connectivity index (χ1n) is 12.8. The van der Waals surface area contributed by atoms with Crippen LogP contribution in [0.1, 0.15) is 41.6 Å². The Kier molecular flexibility index (Phi) is 10.2. The predicted molar refractivity (Wildman–Crippen MR) is 151 cm³/mol. The summed E-state index contributed by atoms with van der Waals surface area (Å²) in [5.41, 5.74) is 14.1. The smallest absolute Gasteiger partial charge is 0.326 e. The lowest BCUT2D eigenvalue weighted by molar-refractivity contribution is -0.143. The molecule has 2 amide bonds. The Morgan fingerprint density at radius 3 is 2.17 bits per heavy atom. The topological polar surface area (TPSA) is 267 Å². The van der Waals surface area contributed by atoms with Crippen LogP contribution in [0.25, 0.3) is 11.0 Å². The van der Waals surface area contributed by atoms with Crippen molar-refractivity contribution in [2.45, 2.75) is 44.2 Å². The van der Waals surface area contributed by atoms with Crippen molar-refractivity contribution in [2.24, 2.45) is 0 Å². The number of aromatic amines is 1. The fourth-order valence-electron chi connectivity index (χ4n) is 4.19. The molecular formula is C26H32N8O8. The SMILES string of the molecule is CN(CCc1c[nH]c2nc(N)nc(N)c12)c1ccc(C(=O)N[C@@H](CCC(=O)N[C@@H](CCC(=O)O)C(=O)O)C(=O)O)cc1. The molecule has 1 aromatic carbocycles. The number of likely N-dealkylation sites (N-methyl/N-ethyl adjacent to an activating group) is 1. The van der Waals surface area contributed by atoms with Crippen molar-refractivity contribution in [3.8, 4) is 0 Å². The van der Waals surface area contributed by atoms with Crippen LogP contribution in [0.2, 0.25) is 0 Å². The van der Waals surface area contributed by atoms with E-state index in [1.165, 1.54) is 12.1 Å². The highest BCUT2D eigenvalue weighted by Gasteiger charge is 2.25. The number of nitrogen functional groups attached to an aromatic ring is 2. The summed E-state index contributed by atoms with van der Waals surface area (Å²) in [6.07, 6.45) is 0.890. The standard InChI is InChI=1S/C26H32N8O8/c1-34(11-10-14-12-29-22-20(14)21(27)32-26(28)33-22)15-4-2-13(3-5-15)23(38)31-17(25(41)42)6-8-18(35)30-16(24(39)40)7-9-19(36)37/h2-5,12,16-17H,6-11H2,1H3,(H,30,35)(H,31,38)(H,36,37)(H,39,40)(H,41,42)(H5,27,28,29,32,33)/t16-,17-/m0/s1. The molecule has 16 heteroatoms. The minimum Gasteiger partial charge on any atom is -0.481 e. The Morgan fingerprint density at radius 1 is 0.929 bits per heavy atom. The number of amides is 2. The molecule has 0 fully saturated rings. The highest BCUT2D eigenvalue weighted by atomic mass is 16.4. The summed E-state index contributed by atoms with van der Waals surface area (Å²) in [7, 11) is 1.86. The average molecular weight is 585 g/mol. The number of aliphatic carboxylic acids is 3. The fourth-order valence-corrected chi connectivity index (χ4v) is 4.19. The molecule has 0 unspecified atom stereocenters. The van der Waals surface area contributed by atoms with Crippen molar-refractivity contribution < 1.29 is 39.3 Å². The third-order valence-electron chi connectivity index (χ3n) is 6.49. The average Bonchev–Trinajstić information content (AvgIpc) is 3.34. The van der Waals surface area contributed by atoms with Gasteiger partial charge in [-0.3, -0.25) is 14.4 Å². The van der Waals surface area contributed by atoms with E-state index in [2.05, 4.69) is 25.6 Å². The number of nitrogens with one attached hydrogen (secondary N) is 3. The van der Waals surface area contributed by atoms with Crippen molar-refractivity contribution >= 4 is 58.2 Å². The second-order valence-electron chi connectivity index (χ2n) is 9.52. The van der Waals surface area contributed by atoms with Gasteiger partial charge >= 0.3 is 17.9 Å². The minimum atomic E-state index is -1.43. The van der Waals surface area contributed by atoms with E-state index < -0.39 is 54.6 Å². The van der Waals surface area contributed by atoms with Gasteiger partial charge in [-0.1, -0.05) is 0 Å². The van der Waals surface area contributed by atoms with Crippen LogP contribution >= 0.6 is 0 Å². The van der Waals surface area contributed by atoms with E-state index in [1.54, 1.807) is 18.3 Å². The van der Waals surface area contributed by atoms with Gasteiger partial charge < -0.3 is 47.3 Å². The predicted octanol–water partition coefficient (Wildman–Crippen LogP) is 0.199. The van der Waals surface area contributed by atoms with Crippen LogP contribution in [-0.4, -0.2) is 85.7 Å². The van der Waals surface area contributed by atoms with E-state index in [4.69, 9.17) is 21.7 Å². The number of carboxylic acid groups (broad SMARTS) is 3. The third kappa shape index (κ3) is 8.30. The van der Waals surface area contributed by atoms with E-state index >= 15 is 0 Å². The van der Waals surface area contributed by atoms with E-state index in [-0.39, 0.29) is 30.2 Å². The van der Waals surface area contributed by atoms with Crippen LogP contribution in [0.3, 0.4) is 0 Å². The number of rotatable bonds is 15. The number of carboxylic acids is 3. The van der Waals surface area contributed by atoms with Gasteiger partial charge in [-0.05, 0) is 49.1 Å². The molecular weight excluding hydrogens is 552 g/mol. The van der Waals surface area contributed by atoms with Gasteiger partial charge in [-0.25, -0.2) is 9.59 Å². The number of aromatic nitrogens is 3. The summed E-state index contributed by atoms with van der Waals surface area (Å²) in [5, 5.41) is 32.6. The Labute approximate surface area is 239 Å². The normalized spacial score (nSPS) is 12.3. The van der Waals surface area contributed by atoms with Crippen LogP contribution in [-0.2, 0) is 25.6 Å². The van der Waals surface area contributed by atoms with E-state index in [0.717, 1.165) is 11.3 Å². The van der Waals surface area contributed by atoms with Gasteiger partial charge in [0.05, 0.1) is 5.39 Å². The van der Waals surface area contributed by atoms with E-state index in [0.29, 0.717) is 24.0 Å². The number of anilines is 3. The first-order chi connectivity index (χ1) is 19.8. The summed E-state index contributed by atoms with van der Waals surface area (Å²) in [5.74, 6) is -5.10. The number of fused-ring (bicyclic) bond motifs is 1. The molecule has 0 aliphatic carbocycles. The number of nitrogens with zero attached hydrogens (tertiary/aromatic N) is 3. The van der Waals surface area contributed by atoms with Gasteiger partial charge in [-0.15, -0.1) is 0 Å². The van der Waals surface area contributed by atoms with Crippen molar-refractivity contribution in [1.82, 2.24) is 25.6 Å². The second kappa shape index (κ2) is 13.8. The van der Waals surface area contributed by atoms with Crippen LogP contribution in [0, 0.1) is 0 Å². The number of H-pyrrole nitrogens is 1. The summed E-state index contributed by atoms with van der Waals surface area (Å²) < 4.78 is 0. The zero-order valence-electron chi connectivity index (χ0n) is 22.7. The number of hydrogen-bond donors (Lipinski definition) is 8. The maximum atomic E-state index is 12.7. The van der Waals surface area contributed by atoms with Crippen molar-refractivity contribution in [3.63, 3.8) is 0 Å². The number of benzene rings is 1. The monoisotopic (exact) mass is 584 g/mol. The molecule has 42 heavy (non-hydrogen) atoms. The molecule has 2 atom stereocenters. The Bertz CT molecular complexity index is 1470. The zero-order chi connectivity index (χ0) is 31.0. The quantitative estimate of drug-likeness (QED) is 0.119. The molecule has 0 bridgehead atoms. The first kappa shape index (κ1) is 31.1. The highest BCUT2D eigenvalue weighted by Crippen LogP contribution is 2.24. The lowest BCUT2D eigenvalue weighted by Crippen LogP contribution is -2.44. The molecule has 0 spiro atoms. The Morgan fingerprint density at radius 2 is 1.55 bits per heavy atom. The van der Waals surface area contributed by atoms with E-state index in [9.17, 15) is 29.1 Å². The second-order valence-corrected chi connectivity index (χ2v) is 9.52. The molecule has 0 aliphatic heterocycles. The molecule has 0 saturated heterocycles. The molecule has 0 aliphatic rings. The summed E-state index contributed by atoms with van der Waals surface area (Å²) >= 11 is 0. The van der Waals surface area contributed by atoms with Crippen LogP contribution < -0.4 is 27.0 Å². The molecule has 16 nitrogen and oxygen atoms in total. The maximum Gasteiger partial charge on any atom is 0.326 e. The molecule has 3 aromatic rings. The Hall–Kier alpha value is -5.41. The lowest BCUT2D eigenvalue weighted by Gasteiger charge is -2.20. The number of carbonyl (C=O) groups excluding carboxylic acids is 2. The molecule has 0 radical (unpaired) electrons. The molecule has 0 saturated carbocycles. The summed E-state index contributed by atoms with van der Waals surface area (Å²) in [6.45, 7) is 0.588. The molecule has 10 N–H and O–H groups in total. The largest absolute Gasteiger partial charge is 0.481 e. The molecule has 2 heterocycles. The molecule has 224 valence electrons. The molecule has 3 rings (SSSR count). The van der Waals surface area contributed by atoms with Gasteiger partial charge in [0.15, 0.2) is 0 Å². The maximum absolute atomic E-state index is 12.7. The summed E-state index contributed by atoms with van der Waals surface area (Å²) in [6, 6.07) is 3.62. The fraction of sp³-hybridized carbons (Fsp3) is 0.346. The van der Waals surface area contributed by atoms with Crippen LogP contribution in [0.4, 0.5) is 17.5 Å². The van der Waals surface area contributed by atoms with Gasteiger partial charge in [0, 0.05) is 43.9 Å². The zero-order valence-corrected chi connectivity index (χ0v) is 22.7. The van der Waals surface area contributed by atoms with Crippen molar-refractivity contribution in [3.05, 3.63) is 41.6 Å². The number of carbonyl (C=O) groups is 5. The van der Waals surface area contributed by atoms with Gasteiger partial charge in [0.2, 0.25) is 11.9 Å². The summed E-state index contributed by atoms with van der Waals surface area (Å²) in [4.78, 5) is 71.6. The van der Waals surface area contributed by atoms with Crippen LogP contribution in [0.15, 0.2) is 30.5 Å². The van der Waals surface area contributed by atoms with Crippen molar-refractivity contribution in [2.75, 3.05) is 30.0 Å². The third-order valence-corrected chi connectivity index (χ3v) is 6.49. The van der Waals surface area contributed by atoms with Gasteiger partial charge in [-0.2, -0.15) is 9.97 Å². The first-order valence-corrected chi connectivity index (χ1v) is 12.8. The van der Waals surface area contributed by atoms with E-state index in [1.807, 2.05) is 11.9 Å². The van der Waals surface area contributed by atoms with Gasteiger partial charge in [0.25, 0.3) is 5.91 Å².